The minimum atomic E-state index is 0.831. The van der Waals surface area contributed by atoms with Crippen molar-refractivity contribution in [3.63, 3.8) is 0 Å². The van der Waals surface area contributed by atoms with Crippen molar-refractivity contribution in [2.45, 2.75) is 39.5 Å². The van der Waals surface area contributed by atoms with E-state index in [1.807, 2.05) is 0 Å². The number of unbranched alkanes of at least 4 members (excludes halogenated alkanes) is 2. The van der Waals surface area contributed by atoms with E-state index in [1.165, 1.54) is 31.2 Å². The fraction of sp³-hybridized carbons (Fsp3) is 0.500. The molecule has 0 aliphatic heterocycles. The van der Waals surface area contributed by atoms with Crippen LogP contribution in [0.15, 0.2) is 42.0 Å². The molecule has 2 unspecified atom stereocenters. The van der Waals surface area contributed by atoms with Gasteiger partial charge < -0.3 is 0 Å². The van der Waals surface area contributed by atoms with Gasteiger partial charge in [0.15, 0.2) is 0 Å². The highest BCUT2D eigenvalue weighted by atomic mass is 14.4. The first-order chi connectivity index (χ1) is 7.83. The molecule has 86 valence electrons. The van der Waals surface area contributed by atoms with Crippen LogP contribution in [0.5, 0.6) is 0 Å². The maximum atomic E-state index is 2.49. The quantitative estimate of drug-likeness (QED) is 0.496. The third-order valence-corrected chi connectivity index (χ3v) is 3.68. The number of hydrogen-bond donors (Lipinski definition) is 0. The summed E-state index contributed by atoms with van der Waals surface area (Å²) in [6.45, 7) is 4.63. The molecule has 0 nitrogen and oxygen atoms in total. The predicted octanol–water partition coefficient (Wildman–Crippen LogP) is 4.61. The fourth-order valence-corrected chi connectivity index (χ4v) is 2.47. The Kier molecular flexibility index (Phi) is 3.82. The second kappa shape index (κ2) is 5.34. The Morgan fingerprint density at radius 2 is 1.94 bits per heavy atom. The van der Waals surface area contributed by atoms with Crippen LogP contribution < -0.4 is 0 Å². The Bertz CT molecular complexity index is 348. The molecule has 0 saturated heterocycles. The minimum absolute atomic E-state index is 0.831. The van der Waals surface area contributed by atoms with Crippen molar-refractivity contribution in [1.82, 2.24) is 0 Å². The first kappa shape index (κ1) is 11.4. The summed E-state index contributed by atoms with van der Waals surface area (Å²) in [5.74, 6) is 1.66. The summed E-state index contributed by atoms with van der Waals surface area (Å²) in [5.41, 5.74) is 3.19. The average Bonchev–Trinajstić information content (AvgIpc) is 2.91. The Hall–Kier alpha value is -1.04. The smallest absolute Gasteiger partial charge is 0.00968 e. The highest BCUT2D eigenvalue weighted by molar-refractivity contribution is 5.32. The summed E-state index contributed by atoms with van der Waals surface area (Å²) in [4.78, 5) is 0. The van der Waals surface area contributed by atoms with Crippen LogP contribution in [0.2, 0.25) is 0 Å². The predicted molar refractivity (Wildman–Crippen MR) is 70.4 cm³/mol. The Labute approximate surface area is 99.4 Å². The van der Waals surface area contributed by atoms with Gasteiger partial charge in [0, 0.05) is 0 Å². The third-order valence-electron chi connectivity index (χ3n) is 3.68. The van der Waals surface area contributed by atoms with Crippen LogP contribution in [0, 0.1) is 11.8 Å². The molecule has 0 bridgehead atoms. The van der Waals surface area contributed by atoms with Crippen molar-refractivity contribution < 1.29 is 0 Å². The zero-order valence-corrected chi connectivity index (χ0v) is 10.4. The normalized spacial score (nSPS) is 26.0. The molecule has 1 aliphatic rings. The molecule has 0 heterocycles. The lowest BCUT2D eigenvalue weighted by Crippen LogP contribution is -1.87. The van der Waals surface area contributed by atoms with Gasteiger partial charge in [0.2, 0.25) is 0 Å². The summed E-state index contributed by atoms with van der Waals surface area (Å²) in [5, 5.41) is 0. The van der Waals surface area contributed by atoms with Crippen LogP contribution in [0.25, 0.3) is 0 Å². The van der Waals surface area contributed by atoms with Gasteiger partial charge in [0.05, 0.1) is 0 Å². The first-order valence-corrected chi connectivity index (χ1v) is 6.56. The van der Waals surface area contributed by atoms with Gasteiger partial charge in [-0.2, -0.15) is 0 Å². The molecule has 16 heavy (non-hydrogen) atoms. The standard InChI is InChI=1S/C16H22/c1-3-4-6-11-15-13(2)16(15)12-14-9-7-5-8-10-14/h5,7-11,13,16H,3-4,6,12H2,1-2H3/b15-11-. The molecule has 0 aromatic heterocycles. The van der Waals surface area contributed by atoms with E-state index in [0.717, 1.165) is 11.8 Å². The molecule has 1 fully saturated rings. The molecule has 2 rings (SSSR count). The van der Waals surface area contributed by atoms with Gasteiger partial charge in [-0.25, -0.2) is 0 Å². The van der Waals surface area contributed by atoms with E-state index in [1.54, 1.807) is 5.57 Å². The van der Waals surface area contributed by atoms with E-state index < -0.39 is 0 Å². The molecule has 1 aromatic rings. The van der Waals surface area contributed by atoms with Crippen LogP contribution in [0.3, 0.4) is 0 Å². The number of rotatable bonds is 5. The van der Waals surface area contributed by atoms with Crippen molar-refractivity contribution in [1.29, 1.82) is 0 Å². The van der Waals surface area contributed by atoms with Gasteiger partial charge in [-0.1, -0.05) is 68.7 Å². The second-order valence-electron chi connectivity index (χ2n) is 4.93. The Morgan fingerprint density at radius 3 is 2.62 bits per heavy atom. The molecule has 0 radical (unpaired) electrons. The van der Waals surface area contributed by atoms with Crippen LogP contribution >= 0.6 is 0 Å². The molecule has 1 saturated carbocycles. The zero-order chi connectivity index (χ0) is 11.4. The number of allylic oxidation sites excluding steroid dienone is 2. The summed E-state index contributed by atoms with van der Waals surface area (Å²) < 4.78 is 0. The van der Waals surface area contributed by atoms with E-state index in [9.17, 15) is 0 Å². The van der Waals surface area contributed by atoms with Gasteiger partial charge in [0.1, 0.15) is 0 Å². The molecule has 0 heteroatoms. The second-order valence-corrected chi connectivity index (χ2v) is 4.93. The summed E-state index contributed by atoms with van der Waals surface area (Å²) in [6.07, 6.45) is 7.65. The van der Waals surface area contributed by atoms with E-state index >= 15 is 0 Å². The Balaban J connectivity index is 1.87. The lowest BCUT2D eigenvalue weighted by molar-refractivity contribution is 0.749. The topological polar surface area (TPSA) is 0 Å². The third kappa shape index (κ3) is 2.75. The van der Waals surface area contributed by atoms with Gasteiger partial charge in [-0.15, -0.1) is 0 Å². The maximum absolute atomic E-state index is 2.49. The molecule has 1 aliphatic carbocycles. The lowest BCUT2D eigenvalue weighted by atomic mass is 10.1. The van der Waals surface area contributed by atoms with Crippen molar-refractivity contribution in [2.75, 3.05) is 0 Å². The van der Waals surface area contributed by atoms with Gasteiger partial charge >= 0.3 is 0 Å². The van der Waals surface area contributed by atoms with E-state index in [0.29, 0.717) is 0 Å². The van der Waals surface area contributed by atoms with Crippen LogP contribution in [-0.2, 0) is 6.42 Å². The molecular formula is C16H22. The maximum Gasteiger partial charge on any atom is -0.00968 e. The van der Waals surface area contributed by atoms with Crippen molar-refractivity contribution in [3.8, 4) is 0 Å². The molecule has 2 atom stereocenters. The number of hydrogen-bond acceptors (Lipinski definition) is 0. The van der Waals surface area contributed by atoms with E-state index in [4.69, 9.17) is 0 Å². The van der Waals surface area contributed by atoms with Crippen LogP contribution in [-0.4, -0.2) is 0 Å². The van der Waals surface area contributed by atoms with Crippen molar-refractivity contribution >= 4 is 0 Å². The SMILES string of the molecule is CCCC/C=C1/C(C)C1Cc1ccccc1. The molecular weight excluding hydrogens is 192 g/mol. The number of benzene rings is 1. The van der Waals surface area contributed by atoms with E-state index in [2.05, 4.69) is 50.3 Å². The van der Waals surface area contributed by atoms with Crippen LogP contribution in [0.1, 0.15) is 38.7 Å². The van der Waals surface area contributed by atoms with Gasteiger partial charge in [0.25, 0.3) is 0 Å². The van der Waals surface area contributed by atoms with E-state index in [-0.39, 0.29) is 0 Å². The molecule has 0 spiro atoms. The van der Waals surface area contributed by atoms with Crippen LogP contribution in [0.4, 0.5) is 0 Å². The van der Waals surface area contributed by atoms with Crippen molar-refractivity contribution in [2.24, 2.45) is 11.8 Å². The summed E-state index contributed by atoms with van der Waals surface area (Å²) in [6, 6.07) is 10.9. The largest absolute Gasteiger partial charge is 0.0847 e. The van der Waals surface area contributed by atoms with Gasteiger partial charge in [-0.05, 0) is 30.2 Å². The molecule has 0 amide bonds. The average molecular weight is 214 g/mol. The summed E-state index contributed by atoms with van der Waals surface area (Å²) in [7, 11) is 0. The summed E-state index contributed by atoms with van der Waals surface area (Å²) >= 11 is 0. The highest BCUT2D eigenvalue weighted by Gasteiger charge is 2.38. The highest BCUT2D eigenvalue weighted by Crippen LogP contribution is 2.47. The van der Waals surface area contributed by atoms with Gasteiger partial charge in [-0.3, -0.25) is 0 Å². The first-order valence-electron chi connectivity index (χ1n) is 6.56. The minimum Gasteiger partial charge on any atom is -0.0847 e. The molecule has 0 N–H and O–H groups in total. The zero-order valence-electron chi connectivity index (χ0n) is 10.4. The van der Waals surface area contributed by atoms with Crippen molar-refractivity contribution in [3.05, 3.63) is 47.5 Å². The Morgan fingerprint density at radius 1 is 1.19 bits per heavy atom. The fourth-order valence-electron chi connectivity index (χ4n) is 2.47. The molecule has 1 aromatic carbocycles. The lowest BCUT2D eigenvalue weighted by Gasteiger charge is -1.97. The monoisotopic (exact) mass is 214 g/mol.